The molecule has 0 fully saturated rings. The van der Waals surface area contributed by atoms with Crippen LogP contribution in [-0.2, 0) is 6.42 Å². The fraction of sp³-hybridized carbons (Fsp3) is 0.250. The summed E-state index contributed by atoms with van der Waals surface area (Å²) in [4.78, 5) is 0. The van der Waals surface area contributed by atoms with Crippen LogP contribution in [0.25, 0.3) is 0 Å². The smallest absolute Gasteiger partial charge is 0.108 e. The second-order valence-electron chi connectivity index (χ2n) is 2.34. The average Bonchev–Trinajstić information content (AvgIpc) is 1.98. The minimum Gasteiger partial charge on any atom is -0.870 e. The van der Waals surface area contributed by atoms with Crippen molar-refractivity contribution in [2.75, 3.05) is 6.54 Å². The molecule has 60 valence electrons. The zero-order valence-corrected chi connectivity index (χ0v) is 6.08. The van der Waals surface area contributed by atoms with Crippen molar-refractivity contribution in [2.24, 2.45) is 5.73 Å². The second-order valence-corrected chi connectivity index (χ2v) is 2.34. The van der Waals surface area contributed by atoms with E-state index in [1.54, 1.807) is 6.07 Å². The third-order valence-electron chi connectivity index (χ3n) is 1.46. The van der Waals surface area contributed by atoms with Gasteiger partial charge in [0.05, 0.1) is 0 Å². The van der Waals surface area contributed by atoms with Crippen molar-refractivity contribution in [3.05, 3.63) is 23.8 Å². The maximum Gasteiger partial charge on any atom is 0.108 e. The van der Waals surface area contributed by atoms with Crippen molar-refractivity contribution in [3.63, 3.8) is 0 Å². The maximum absolute atomic E-state index is 10.7. The number of hydrogen-bond acceptors (Lipinski definition) is 3. The molecular weight excluding hydrogens is 142 g/mol. The maximum atomic E-state index is 10.7. The normalized spacial score (nSPS) is 9.91. The number of benzene rings is 1. The molecule has 0 amide bonds. The summed E-state index contributed by atoms with van der Waals surface area (Å²) in [5.74, 6) is -0.540. The largest absolute Gasteiger partial charge is 0.870 e. The third kappa shape index (κ3) is 1.85. The van der Waals surface area contributed by atoms with Crippen LogP contribution >= 0.6 is 0 Å². The highest BCUT2D eigenvalue weighted by molar-refractivity contribution is 5.39. The lowest BCUT2D eigenvalue weighted by Crippen LogP contribution is -2.02. The Labute approximate surface area is 65.1 Å². The highest BCUT2D eigenvalue weighted by Gasteiger charge is 1.93. The van der Waals surface area contributed by atoms with Crippen LogP contribution in [0.4, 0.5) is 0 Å². The molecule has 0 bridgehead atoms. The third-order valence-corrected chi connectivity index (χ3v) is 1.46. The summed E-state index contributed by atoms with van der Waals surface area (Å²) in [5.41, 5.74) is 6.18. The molecule has 0 heterocycles. The van der Waals surface area contributed by atoms with Crippen LogP contribution in [0, 0.1) is 0 Å². The molecule has 0 aliphatic carbocycles. The molecule has 3 N–H and O–H groups in total. The van der Waals surface area contributed by atoms with Gasteiger partial charge in [-0.15, -0.1) is 0 Å². The van der Waals surface area contributed by atoms with Crippen molar-refractivity contribution >= 4 is 0 Å². The van der Waals surface area contributed by atoms with Crippen LogP contribution in [0.2, 0.25) is 0 Å². The number of rotatable bonds is 2. The van der Waals surface area contributed by atoms with Crippen molar-refractivity contribution in [1.29, 1.82) is 0 Å². The summed E-state index contributed by atoms with van der Waals surface area (Å²) in [6, 6.07) is 4.48. The quantitative estimate of drug-likeness (QED) is 0.625. The molecule has 3 heteroatoms. The first kappa shape index (κ1) is 7.88. The SMILES string of the molecule is NCCc1ccc([O-])c(O)c1. The van der Waals surface area contributed by atoms with Gasteiger partial charge in [-0.2, -0.15) is 0 Å². The minimum atomic E-state index is -0.342. The Balaban J connectivity index is 2.86. The van der Waals surface area contributed by atoms with Crippen LogP contribution in [0.5, 0.6) is 11.5 Å². The van der Waals surface area contributed by atoms with Gasteiger partial charge in [0.25, 0.3) is 0 Å². The average molecular weight is 152 g/mol. The van der Waals surface area contributed by atoms with E-state index in [1.807, 2.05) is 0 Å². The minimum absolute atomic E-state index is 0.198. The van der Waals surface area contributed by atoms with E-state index < -0.39 is 0 Å². The monoisotopic (exact) mass is 152 g/mol. The first-order chi connectivity index (χ1) is 5.24. The summed E-state index contributed by atoms with van der Waals surface area (Å²) < 4.78 is 0. The van der Waals surface area contributed by atoms with E-state index in [0.717, 1.165) is 5.56 Å². The number of aromatic hydroxyl groups is 1. The van der Waals surface area contributed by atoms with Crippen molar-refractivity contribution in [1.82, 2.24) is 0 Å². The highest BCUT2D eigenvalue weighted by atomic mass is 16.3. The topological polar surface area (TPSA) is 69.3 Å². The highest BCUT2D eigenvalue weighted by Crippen LogP contribution is 2.21. The lowest BCUT2D eigenvalue weighted by molar-refractivity contribution is -0.270. The fourth-order valence-corrected chi connectivity index (χ4v) is 0.885. The van der Waals surface area contributed by atoms with E-state index >= 15 is 0 Å². The molecule has 0 spiro atoms. The molecule has 1 rings (SSSR count). The molecule has 1 aromatic rings. The lowest BCUT2D eigenvalue weighted by atomic mass is 10.1. The van der Waals surface area contributed by atoms with Gasteiger partial charge in [0, 0.05) is 0 Å². The van der Waals surface area contributed by atoms with Crippen LogP contribution < -0.4 is 10.8 Å². The van der Waals surface area contributed by atoms with Crippen LogP contribution in [0.15, 0.2) is 18.2 Å². The Morgan fingerprint density at radius 2 is 2.18 bits per heavy atom. The number of phenols is 1. The standard InChI is InChI=1S/C8H11NO2/c9-4-3-6-1-2-7(10)8(11)5-6/h1-2,5,10-11H,3-4,9H2/p-1. The predicted octanol–water partition coefficient (Wildman–Crippen LogP) is -0.0330. The zero-order chi connectivity index (χ0) is 8.27. The molecule has 0 aliphatic heterocycles. The van der Waals surface area contributed by atoms with Gasteiger partial charge in [-0.3, -0.25) is 0 Å². The molecular formula is C8H10NO2-. The van der Waals surface area contributed by atoms with Crippen molar-refractivity contribution in [2.45, 2.75) is 6.42 Å². The Hall–Kier alpha value is -1.22. The molecule has 0 saturated carbocycles. The van der Waals surface area contributed by atoms with E-state index in [4.69, 9.17) is 10.8 Å². The zero-order valence-electron chi connectivity index (χ0n) is 6.08. The van der Waals surface area contributed by atoms with Gasteiger partial charge in [-0.1, -0.05) is 17.9 Å². The van der Waals surface area contributed by atoms with Gasteiger partial charge in [0.15, 0.2) is 0 Å². The van der Waals surface area contributed by atoms with E-state index in [1.165, 1.54) is 12.1 Å². The van der Waals surface area contributed by atoms with Crippen molar-refractivity contribution in [3.8, 4) is 11.5 Å². The first-order valence-corrected chi connectivity index (χ1v) is 3.43. The molecule has 0 atom stereocenters. The number of hydrogen-bond donors (Lipinski definition) is 2. The van der Waals surface area contributed by atoms with Crippen LogP contribution in [-0.4, -0.2) is 11.7 Å². The number of phenolic OH excluding ortho intramolecular Hbond substituents is 1. The fourth-order valence-electron chi connectivity index (χ4n) is 0.885. The lowest BCUT2D eigenvalue weighted by Gasteiger charge is -2.08. The molecule has 0 aliphatic rings. The van der Waals surface area contributed by atoms with E-state index in [2.05, 4.69) is 0 Å². The van der Waals surface area contributed by atoms with Crippen LogP contribution in [0.1, 0.15) is 5.56 Å². The van der Waals surface area contributed by atoms with E-state index in [-0.39, 0.29) is 11.5 Å². The van der Waals surface area contributed by atoms with E-state index in [9.17, 15) is 5.11 Å². The molecule has 3 nitrogen and oxygen atoms in total. The van der Waals surface area contributed by atoms with Gasteiger partial charge in [0.2, 0.25) is 0 Å². The molecule has 11 heavy (non-hydrogen) atoms. The number of nitrogens with two attached hydrogens (primary N) is 1. The van der Waals surface area contributed by atoms with Gasteiger partial charge < -0.3 is 15.9 Å². The Morgan fingerprint density at radius 3 is 2.73 bits per heavy atom. The molecule has 0 radical (unpaired) electrons. The molecule has 1 aromatic carbocycles. The Morgan fingerprint density at radius 1 is 1.45 bits per heavy atom. The summed E-state index contributed by atoms with van der Waals surface area (Å²) in [5, 5.41) is 19.7. The Kier molecular flexibility index (Phi) is 2.33. The summed E-state index contributed by atoms with van der Waals surface area (Å²) in [7, 11) is 0. The van der Waals surface area contributed by atoms with Gasteiger partial charge in [-0.25, -0.2) is 0 Å². The van der Waals surface area contributed by atoms with Gasteiger partial charge >= 0.3 is 0 Å². The molecule has 0 aromatic heterocycles. The van der Waals surface area contributed by atoms with Gasteiger partial charge in [0.1, 0.15) is 5.75 Å². The summed E-state index contributed by atoms with van der Waals surface area (Å²) in [6.45, 7) is 0.525. The van der Waals surface area contributed by atoms with Gasteiger partial charge in [-0.05, 0) is 24.6 Å². The first-order valence-electron chi connectivity index (χ1n) is 3.43. The second kappa shape index (κ2) is 3.25. The summed E-state index contributed by atoms with van der Waals surface area (Å²) in [6.07, 6.45) is 0.688. The molecule has 0 unspecified atom stereocenters. The summed E-state index contributed by atoms with van der Waals surface area (Å²) >= 11 is 0. The van der Waals surface area contributed by atoms with E-state index in [0.29, 0.717) is 13.0 Å². The molecule has 0 saturated heterocycles. The predicted molar refractivity (Wildman–Crippen MR) is 40.3 cm³/mol. The van der Waals surface area contributed by atoms with Crippen LogP contribution in [0.3, 0.4) is 0 Å². The Bertz CT molecular complexity index is 248. The van der Waals surface area contributed by atoms with Crippen molar-refractivity contribution < 1.29 is 10.2 Å².